The molecule has 28 heavy (non-hydrogen) atoms. The van der Waals surface area contributed by atoms with Gasteiger partial charge in [-0.3, -0.25) is 0 Å². The van der Waals surface area contributed by atoms with Gasteiger partial charge in [0.15, 0.2) is 0 Å². The van der Waals surface area contributed by atoms with Gasteiger partial charge in [-0.25, -0.2) is 9.59 Å². The lowest BCUT2D eigenvalue weighted by Gasteiger charge is -2.20. The smallest absolute Gasteiger partial charge is 0.428 e. The molecule has 2 N–H and O–H groups in total. The monoisotopic (exact) mass is 370 g/mol. The maximum atomic E-state index is 11.2. The predicted octanol–water partition coefficient (Wildman–Crippen LogP) is 4.67. The number of rotatable bonds is 1. The van der Waals surface area contributed by atoms with Crippen molar-refractivity contribution in [3.63, 3.8) is 0 Å². The van der Waals surface area contributed by atoms with Gasteiger partial charge in [0.25, 0.3) is 0 Å². The molecule has 0 saturated heterocycles. The molecule has 4 aromatic rings. The Balaban J connectivity index is 1.74. The van der Waals surface area contributed by atoms with Crippen molar-refractivity contribution < 1.29 is 19.8 Å². The fraction of sp³-hybridized carbons (Fsp3) is 0.0455. The standard InChI is InChI=1S/C22H14N2O4/c25-21(26)15-4-1-12-8-19-13(5-16(12)7-15)2-3-14-6-18-11-24(22(27)28)23-10-17(18)9-20(14)19/h1-10H,11H2,(H,25,26)(H,27,28). The Morgan fingerprint density at radius 2 is 1.54 bits per heavy atom. The molecule has 0 saturated carbocycles. The number of benzene rings is 4. The summed E-state index contributed by atoms with van der Waals surface area (Å²) in [6, 6.07) is 17.2. The van der Waals surface area contributed by atoms with Crippen molar-refractivity contribution >= 4 is 50.6 Å². The molecule has 0 aromatic heterocycles. The highest BCUT2D eigenvalue weighted by Gasteiger charge is 2.18. The maximum Gasteiger partial charge on any atom is 0.428 e. The molecule has 0 unspecified atom stereocenters. The highest BCUT2D eigenvalue weighted by molar-refractivity contribution is 6.13. The van der Waals surface area contributed by atoms with Crippen LogP contribution in [0.1, 0.15) is 21.5 Å². The van der Waals surface area contributed by atoms with Crippen molar-refractivity contribution in [2.24, 2.45) is 5.10 Å². The Morgan fingerprint density at radius 1 is 0.821 bits per heavy atom. The van der Waals surface area contributed by atoms with E-state index in [1.807, 2.05) is 36.4 Å². The first-order chi connectivity index (χ1) is 13.5. The van der Waals surface area contributed by atoms with Gasteiger partial charge in [0.2, 0.25) is 0 Å². The Kier molecular flexibility index (Phi) is 3.36. The zero-order valence-corrected chi connectivity index (χ0v) is 14.6. The van der Waals surface area contributed by atoms with E-state index in [4.69, 9.17) is 5.11 Å². The lowest BCUT2D eigenvalue weighted by Crippen LogP contribution is -2.26. The number of hydrazone groups is 1. The maximum absolute atomic E-state index is 11.2. The fourth-order valence-electron chi connectivity index (χ4n) is 3.76. The van der Waals surface area contributed by atoms with E-state index in [9.17, 15) is 14.7 Å². The highest BCUT2D eigenvalue weighted by Crippen LogP contribution is 2.32. The van der Waals surface area contributed by atoms with Crippen LogP contribution < -0.4 is 0 Å². The zero-order valence-electron chi connectivity index (χ0n) is 14.6. The number of carboxylic acid groups (broad SMARTS) is 2. The molecular formula is C22H14N2O4. The molecule has 6 nitrogen and oxygen atoms in total. The SMILES string of the molecule is O=C(O)c1ccc2cc3c(ccc4cc5c(cc43)C=NN(C(=O)O)C5)cc2c1. The summed E-state index contributed by atoms with van der Waals surface area (Å²) < 4.78 is 0. The van der Waals surface area contributed by atoms with E-state index in [1.165, 1.54) is 0 Å². The van der Waals surface area contributed by atoms with E-state index in [0.29, 0.717) is 0 Å². The molecule has 0 fully saturated rings. The molecule has 5 rings (SSSR count). The third kappa shape index (κ3) is 2.46. The number of carbonyl (C=O) groups is 2. The van der Waals surface area contributed by atoms with Crippen molar-refractivity contribution in [3.8, 4) is 0 Å². The molecule has 4 aromatic carbocycles. The Hall–Kier alpha value is -3.93. The van der Waals surface area contributed by atoms with Gasteiger partial charge in [-0.2, -0.15) is 10.1 Å². The third-order valence-corrected chi connectivity index (χ3v) is 5.18. The van der Waals surface area contributed by atoms with E-state index in [1.54, 1.807) is 18.3 Å². The van der Waals surface area contributed by atoms with Crippen molar-refractivity contribution in [1.82, 2.24) is 5.01 Å². The number of nitrogens with zero attached hydrogens (tertiary/aromatic N) is 2. The van der Waals surface area contributed by atoms with Gasteiger partial charge in [-0.1, -0.05) is 18.2 Å². The molecular weight excluding hydrogens is 356 g/mol. The highest BCUT2D eigenvalue weighted by atomic mass is 16.4. The minimum atomic E-state index is -1.08. The van der Waals surface area contributed by atoms with Crippen LogP contribution in [0.5, 0.6) is 0 Å². The summed E-state index contributed by atoms with van der Waals surface area (Å²) in [6.45, 7) is 0.227. The topological polar surface area (TPSA) is 90.2 Å². The normalized spacial score (nSPS) is 13.2. The summed E-state index contributed by atoms with van der Waals surface area (Å²) in [5.74, 6) is -0.943. The van der Waals surface area contributed by atoms with Crippen molar-refractivity contribution in [2.45, 2.75) is 6.54 Å². The Bertz CT molecular complexity index is 1360. The second kappa shape index (κ2) is 5.79. The Morgan fingerprint density at radius 3 is 2.29 bits per heavy atom. The zero-order chi connectivity index (χ0) is 19.4. The number of carboxylic acids is 1. The van der Waals surface area contributed by atoms with Gasteiger partial charge in [0.1, 0.15) is 0 Å². The average Bonchev–Trinajstić information content (AvgIpc) is 2.69. The van der Waals surface area contributed by atoms with Gasteiger partial charge in [0, 0.05) is 5.56 Å². The van der Waals surface area contributed by atoms with Crippen LogP contribution in [0, 0.1) is 0 Å². The van der Waals surface area contributed by atoms with Crippen LogP contribution in [-0.2, 0) is 6.54 Å². The van der Waals surface area contributed by atoms with E-state index in [0.717, 1.165) is 48.5 Å². The second-order valence-corrected chi connectivity index (χ2v) is 6.86. The summed E-state index contributed by atoms with van der Waals surface area (Å²) in [4.78, 5) is 22.4. The number of fused-ring (bicyclic) bond motifs is 5. The molecule has 0 bridgehead atoms. The average molecular weight is 370 g/mol. The quantitative estimate of drug-likeness (QED) is 0.376. The van der Waals surface area contributed by atoms with E-state index < -0.39 is 12.1 Å². The van der Waals surface area contributed by atoms with Crippen LogP contribution in [0.4, 0.5) is 4.79 Å². The minimum Gasteiger partial charge on any atom is -0.478 e. The summed E-state index contributed by atoms with van der Waals surface area (Å²) in [5.41, 5.74) is 2.08. The molecule has 0 radical (unpaired) electrons. The number of hydrogen-bond acceptors (Lipinski definition) is 3. The first-order valence-electron chi connectivity index (χ1n) is 8.70. The van der Waals surface area contributed by atoms with Crippen LogP contribution in [0.2, 0.25) is 0 Å². The lowest BCUT2D eigenvalue weighted by atomic mass is 9.94. The Labute approximate surface area is 158 Å². The van der Waals surface area contributed by atoms with Crippen LogP contribution >= 0.6 is 0 Å². The van der Waals surface area contributed by atoms with Gasteiger partial charge in [0.05, 0.1) is 18.3 Å². The van der Waals surface area contributed by atoms with Gasteiger partial charge >= 0.3 is 12.1 Å². The minimum absolute atomic E-state index is 0.227. The van der Waals surface area contributed by atoms with E-state index >= 15 is 0 Å². The molecule has 0 spiro atoms. The molecule has 1 amide bonds. The van der Waals surface area contributed by atoms with Crippen LogP contribution in [0.3, 0.4) is 0 Å². The van der Waals surface area contributed by atoms with E-state index in [2.05, 4.69) is 11.2 Å². The summed E-state index contributed by atoms with van der Waals surface area (Å²) in [6.07, 6.45) is 0.499. The summed E-state index contributed by atoms with van der Waals surface area (Å²) >= 11 is 0. The van der Waals surface area contributed by atoms with Crippen molar-refractivity contribution in [3.05, 3.63) is 71.3 Å². The summed E-state index contributed by atoms with van der Waals surface area (Å²) in [5, 5.41) is 29.4. The number of hydrogen-bond donors (Lipinski definition) is 2. The number of amides is 1. The van der Waals surface area contributed by atoms with Crippen LogP contribution in [0.15, 0.2) is 59.7 Å². The first-order valence-corrected chi connectivity index (χ1v) is 8.70. The predicted molar refractivity (Wildman–Crippen MR) is 107 cm³/mol. The lowest BCUT2D eigenvalue weighted by molar-refractivity contribution is 0.0697. The van der Waals surface area contributed by atoms with Gasteiger partial charge in [-0.15, -0.1) is 0 Å². The van der Waals surface area contributed by atoms with Gasteiger partial charge in [-0.05, 0) is 74.3 Å². The largest absolute Gasteiger partial charge is 0.478 e. The van der Waals surface area contributed by atoms with Gasteiger partial charge < -0.3 is 10.2 Å². The fourth-order valence-corrected chi connectivity index (χ4v) is 3.76. The first kappa shape index (κ1) is 16.3. The number of aromatic carboxylic acids is 1. The molecule has 1 heterocycles. The molecule has 0 atom stereocenters. The molecule has 136 valence electrons. The molecule has 1 aliphatic heterocycles. The second-order valence-electron chi connectivity index (χ2n) is 6.86. The van der Waals surface area contributed by atoms with Crippen molar-refractivity contribution in [1.29, 1.82) is 0 Å². The molecule has 6 heteroatoms. The molecule has 1 aliphatic rings. The third-order valence-electron chi connectivity index (χ3n) is 5.18. The summed E-state index contributed by atoms with van der Waals surface area (Å²) in [7, 11) is 0. The van der Waals surface area contributed by atoms with Crippen molar-refractivity contribution in [2.75, 3.05) is 0 Å². The molecule has 0 aliphatic carbocycles. The van der Waals surface area contributed by atoms with Crippen LogP contribution in [0.25, 0.3) is 32.3 Å². The van der Waals surface area contributed by atoms with E-state index in [-0.39, 0.29) is 12.1 Å². The van der Waals surface area contributed by atoms with Crippen LogP contribution in [-0.4, -0.2) is 33.5 Å².